The number of alkyl halides is 9. The van der Waals surface area contributed by atoms with E-state index in [4.69, 9.17) is 0 Å². The molecule has 0 heterocycles. The predicted molar refractivity (Wildman–Crippen MR) is 51.8 cm³/mol. The lowest BCUT2D eigenvalue weighted by molar-refractivity contribution is -0.384. The average molecular weight is 356 g/mol. The van der Waals surface area contributed by atoms with E-state index < -0.39 is 44.5 Å². The number of hydrogen-bond donors (Lipinski definition) is 0. The maximum Gasteiger partial charge on any atom is 0.460 e. The Morgan fingerprint density at radius 2 is 1.10 bits per heavy atom. The largest absolute Gasteiger partial charge is 0.460 e. The second-order valence-electron chi connectivity index (χ2n) is 3.52. The summed E-state index contributed by atoms with van der Waals surface area (Å²) in [6.45, 7) is -0.134. The molecule has 0 rings (SSSR count). The van der Waals surface area contributed by atoms with Gasteiger partial charge in [-0.05, 0) is 13.8 Å². The third-order valence-corrected chi connectivity index (χ3v) is 4.24. The first-order valence-electron chi connectivity index (χ1n) is 5.21. The van der Waals surface area contributed by atoms with Crippen LogP contribution in [0.15, 0.2) is 0 Å². The SMILES string of the molecule is CCOP(=O)(OCC)C(F)(F)C(F)(F)C(F)(F)C(F)(F)F. The summed E-state index contributed by atoms with van der Waals surface area (Å²) in [7, 11) is -6.27. The molecule has 0 saturated carbocycles. The minimum Gasteiger partial charge on any atom is -0.305 e. The van der Waals surface area contributed by atoms with Gasteiger partial charge in [0.15, 0.2) is 0 Å². The molecular weight excluding hydrogens is 346 g/mol. The Hall–Kier alpha value is -0.480. The number of rotatable bonds is 7. The predicted octanol–water partition coefficient (Wildman–Crippen LogP) is 4.68. The summed E-state index contributed by atoms with van der Waals surface area (Å²) >= 11 is 0. The second-order valence-corrected chi connectivity index (χ2v) is 5.59. The van der Waals surface area contributed by atoms with Gasteiger partial charge in [-0.2, -0.15) is 39.5 Å². The zero-order valence-electron chi connectivity index (χ0n) is 10.5. The van der Waals surface area contributed by atoms with E-state index in [1.54, 1.807) is 0 Å². The van der Waals surface area contributed by atoms with Gasteiger partial charge in [0.1, 0.15) is 0 Å². The first kappa shape index (κ1) is 20.5. The lowest BCUT2D eigenvalue weighted by atomic mass is 10.1. The van der Waals surface area contributed by atoms with Crippen LogP contribution in [0.4, 0.5) is 39.5 Å². The van der Waals surface area contributed by atoms with Gasteiger partial charge in [0.25, 0.3) is 0 Å². The van der Waals surface area contributed by atoms with Gasteiger partial charge in [-0.1, -0.05) is 0 Å². The van der Waals surface area contributed by atoms with Crippen molar-refractivity contribution in [1.29, 1.82) is 0 Å². The Bertz CT molecular complexity index is 396. The molecule has 0 amide bonds. The zero-order valence-corrected chi connectivity index (χ0v) is 11.4. The second kappa shape index (κ2) is 5.96. The van der Waals surface area contributed by atoms with Gasteiger partial charge in [0.05, 0.1) is 13.2 Å². The maximum absolute atomic E-state index is 13.4. The summed E-state index contributed by atoms with van der Waals surface area (Å²) in [5, 5.41) is 0. The Morgan fingerprint density at radius 3 is 1.33 bits per heavy atom. The third-order valence-electron chi connectivity index (χ3n) is 2.07. The van der Waals surface area contributed by atoms with Crippen molar-refractivity contribution < 1.29 is 53.1 Å². The van der Waals surface area contributed by atoms with Crippen molar-refractivity contribution in [3.8, 4) is 0 Å². The quantitative estimate of drug-likeness (QED) is 0.491. The van der Waals surface area contributed by atoms with Gasteiger partial charge in [0.2, 0.25) is 0 Å². The van der Waals surface area contributed by atoms with Crippen LogP contribution in [-0.4, -0.2) is 36.9 Å². The van der Waals surface area contributed by atoms with Crippen LogP contribution in [0.2, 0.25) is 0 Å². The lowest BCUT2D eigenvalue weighted by Gasteiger charge is -2.36. The van der Waals surface area contributed by atoms with Crippen LogP contribution in [0.25, 0.3) is 0 Å². The molecule has 0 bridgehead atoms. The van der Waals surface area contributed by atoms with Crippen molar-refractivity contribution in [2.45, 2.75) is 37.5 Å². The first-order valence-corrected chi connectivity index (χ1v) is 6.76. The van der Waals surface area contributed by atoms with Gasteiger partial charge in [-0.15, -0.1) is 0 Å². The zero-order chi connectivity index (χ0) is 17.3. The molecule has 0 N–H and O–H groups in total. The van der Waals surface area contributed by atoms with Crippen molar-refractivity contribution in [2.24, 2.45) is 0 Å². The van der Waals surface area contributed by atoms with Crippen LogP contribution in [-0.2, 0) is 13.6 Å². The van der Waals surface area contributed by atoms with Crippen LogP contribution in [0.3, 0.4) is 0 Å². The van der Waals surface area contributed by atoms with Crippen LogP contribution in [0.1, 0.15) is 13.8 Å². The molecule has 0 aliphatic heterocycles. The molecule has 0 aromatic heterocycles. The highest BCUT2D eigenvalue weighted by molar-refractivity contribution is 7.55. The van der Waals surface area contributed by atoms with Crippen LogP contribution < -0.4 is 0 Å². The van der Waals surface area contributed by atoms with E-state index in [9.17, 15) is 44.1 Å². The van der Waals surface area contributed by atoms with Crippen molar-refractivity contribution in [3.05, 3.63) is 0 Å². The molecule has 0 aliphatic carbocycles. The van der Waals surface area contributed by atoms with Crippen LogP contribution >= 0.6 is 7.60 Å². The highest BCUT2D eigenvalue weighted by Crippen LogP contribution is 2.70. The van der Waals surface area contributed by atoms with E-state index in [0.29, 0.717) is 0 Å². The number of hydrogen-bond acceptors (Lipinski definition) is 3. The minimum absolute atomic E-state index is 0.877. The topological polar surface area (TPSA) is 35.5 Å². The molecular formula is C8H10F9O3P. The Balaban J connectivity index is 6.02. The van der Waals surface area contributed by atoms with Gasteiger partial charge < -0.3 is 9.05 Å². The van der Waals surface area contributed by atoms with E-state index in [2.05, 4.69) is 9.05 Å². The summed E-state index contributed by atoms with van der Waals surface area (Å²) in [4.78, 5) is 0. The maximum atomic E-state index is 13.4. The molecule has 0 radical (unpaired) electrons. The summed E-state index contributed by atoms with van der Waals surface area (Å²) in [5.74, 6) is -14.2. The van der Waals surface area contributed by atoms with Gasteiger partial charge >= 0.3 is 31.3 Å². The minimum atomic E-state index is -7.15. The molecule has 0 saturated heterocycles. The molecule has 0 aliphatic rings. The molecule has 0 fully saturated rings. The van der Waals surface area contributed by atoms with Gasteiger partial charge in [-0.25, -0.2) is 0 Å². The Morgan fingerprint density at radius 1 is 0.762 bits per heavy atom. The van der Waals surface area contributed by atoms with Gasteiger partial charge in [-0.3, -0.25) is 4.57 Å². The Labute approximate surface area is 112 Å². The molecule has 0 unspecified atom stereocenters. The fraction of sp³-hybridized carbons (Fsp3) is 1.00. The van der Waals surface area contributed by atoms with Crippen molar-refractivity contribution in [2.75, 3.05) is 13.2 Å². The third kappa shape index (κ3) is 3.16. The molecule has 0 atom stereocenters. The van der Waals surface area contributed by atoms with E-state index >= 15 is 0 Å². The standard InChI is InChI=1S/C8H10F9O3P/c1-3-19-21(18,20-4-2)8(16,17)6(11,12)5(9,10)7(13,14)15/h3-4H2,1-2H3. The highest BCUT2D eigenvalue weighted by Gasteiger charge is 2.86. The Kier molecular flexibility index (Phi) is 5.82. The smallest absolute Gasteiger partial charge is 0.305 e. The van der Waals surface area contributed by atoms with E-state index in [-0.39, 0.29) is 0 Å². The average Bonchev–Trinajstić information content (AvgIpc) is 2.27. The van der Waals surface area contributed by atoms with E-state index in [0.717, 1.165) is 13.8 Å². The molecule has 21 heavy (non-hydrogen) atoms. The lowest BCUT2D eigenvalue weighted by Crippen LogP contribution is -2.60. The van der Waals surface area contributed by atoms with Crippen molar-refractivity contribution >= 4 is 7.60 Å². The molecule has 13 heteroatoms. The normalized spacial score (nSPS) is 15.4. The summed E-state index contributed by atoms with van der Waals surface area (Å²) in [5.41, 5.74) is -6.40. The highest BCUT2D eigenvalue weighted by atomic mass is 31.2. The monoisotopic (exact) mass is 356 g/mol. The molecule has 3 nitrogen and oxygen atoms in total. The molecule has 0 aromatic rings. The molecule has 0 aromatic carbocycles. The fourth-order valence-electron chi connectivity index (χ4n) is 1.08. The van der Waals surface area contributed by atoms with Crippen LogP contribution in [0.5, 0.6) is 0 Å². The van der Waals surface area contributed by atoms with Crippen LogP contribution in [0, 0.1) is 0 Å². The molecule has 128 valence electrons. The number of halogens is 9. The summed E-state index contributed by atoms with van der Waals surface area (Å²) in [6, 6.07) is 0. The molecule has 0 spiro atoms. The van der Waals surface area contributed by atoms with Crippen molar-refractivity contribution in [3.63, 3.8) is 0 Å². The summed E-state index contributed by atoms with van der Waals surface area (Å²) < 4.78 is 133. The van der Waals surface area contributed by atoms with E-state index in [1.807, 2.05) is 0 Å². The fourth-order valence-corrected chi connectivity index (χ4v) is 2.64. The van der Waals surface area contributed by atoms with Crippen molar-refractivity contribution in [1.82, 2.24) is 0 Å². The van der Waals surface area contributed by atoms with Gasteiger partial charge in [0, 0.05) is 0 Å². The summed E-state index contributed by atoms with van der Waals surface area (Å²) in [6.07, 6.45) is -7.00. The first-order chi connectivity index (χ1) is 9.12. The van der Waals surface area contributed by atoms with E-state index in [1.165, 1.54) is 0 Å².